The Morgan fingerprint density at radius 2 is 1.62 bits per heavy atom. The Labute approximate surface area is 350 Å². The molecule has 12 nitrogen and oxygen atoms in total. The molecule has 8 rings (SSSR count). The molecule has 0 spiro atoms. The van der Waals surface area contributed by atoms with Crippen LogP contribution in [0.25, 0.3) is 22.2 Å². The fraction of sp³-hybridized carbons (Fsp3) is 0.419. The Balaban J connectivity index is 1.23. The number of fused-ring (bicyclic) bond motifs is 5. The number of ether oxygens (including phenoxy) is 4. The summed E-state index contributed by atoms with van der Waals surface area (Å²) in [5.41, 5.74) is 2.82. The predicted molar refractivity (Wildman–Crippen MR) is 227 cm³/mol. The molecule has 15 heteroatoms. The Kier molecular flexibility index (Phi) is 10.8. The van der Waals surface area contributed by atoms with Crippen LogP contribution in [0.15, 0.2) is 64.2 Å². The number of methoxy groups -OCH3 is 2. The fourth-order valence-electron chi connectivity index (χ4n) is 8.38. The minimum atomic E-state index is -0.638. The van der Waals surface area contributed by atoms with E-state index in [1.54, 1.807) is 14.2 Å². The number of rotatable bonds is 9. The highest BCUT2D eigenvalue weighted by Gasteiger charge is 2.54. The van der Waals surface area contributed by atoms with Gasteiger partial charge in [-0.15, -0.1) is 0 Å². The monoisotopic (exact) mass is 871 g/mol. The van der Waals surface area contributed by atoms with Gasteiger partial charge in [0.05, 0.1) is 38.0 Å². The van der Waals surface area contributed by atoms with Gasteiger partial charge < -0.3 is 28.7 Å². The minimum absolute atomic E-state index is 0.0793. The lowest BCUT2D eigenvalue weighted by Crippen LogP contribution is -2.65. The summed E-state index contributed by atoms with van der Waals surface area (Å²) < 4.78 is 41.5. The van der Waals surface area contributed by atoms with E-state index in [0.29, 0.717) is 57.5 Å². The van der Waals surface area contributed by atoms with Crippen molar-refractivity contribution in [3.63, 3.8) is 0 Å². The largest absolute Gasteiger partial charge is 0.497 e. The highest BCUT2D eigenvalue weighted by atomic mass is 79.9. The molecule has 6 heterocycles. The highest BCUT2D eigenvalue weighted by Crippen LogP contribution is 2.47. The topological polar surface area (TPSA) is 115 Å². The molecule has 2 bridgehead atoms. The third kappa shape index (κ3) is 7.47. The molecule has 2 saturated heterocycles. The van der Waals surface area contributed by atoms with Gasteiger partial charge in [0.15, 0.2) is 11.0 Å². The van der Waals surface area contributed by atoms with Gasteiger partial charge in [-0.05, 0) is 111 Å². The minimum Gasteiger partial charge on any atom is -0.497 e. The number of aromatic nitrogens is 4. The lowest BCUT2D eigenvalue weighted by molar-refractivity contribution is 0.000948. The first-order valence-corrected chi connectivity index (χ1v) is 21.4. The first kappa shape index (κ1) is 39.9. The summed E-state index contributed by atoms with van der Waals surface area (Å²) in [6.07, 6.45) is 2.69. The number of amides is 1. The molecule has 2 fully saturated rings. The van der Waals surface area contributed by atoms with Crippen LogP contribution in [0.1, 0.15) is 57.4 Å². The van der Waals surface area contributed by atoms with E-state index < -0.39 is 17.5 Å². The number of halogens is 2. The molecule has 3 aromatic heterocycles. The van der Waals surface area contributed by atoms with Gasteiger partial charge in [0.25, 0.3) is 0 Å². The highest BCUT2D eigenvalue weighted by molar-refractivity contribution is 9.10. The van der Waals surface area contributed by atoms with E-state index in [1.165, 1.54) is 11.8 Å². The standard InChI is InChI=1S/C43H47BrFN7O5S/c1-23-34(44)30(19-32(46-23)50(20-25-9-14-28(54-6)15-10-25)21-26-11-16-29(55-7)17-12-26)36-35(45)37-33-39(49-41(48-37)58-8)51-22-27-13-18-31(38(51)24(2)56-40(33)47-36)52(27)42(53)57-43(3,4)5/h9-12,14-17,19,24,27,31,38H,13,18,20-22H2,1-8H3/t24-,27+,31-,38+/m0/s1. The van der Waals surface area contributed by atoms with Gasteiger partial charge in [0.2, 0.25) is 5.88 Å². The Morgan fingerprint density at radius 1 is 0.983 bits per heavy atom. The van der Waals surface area contributed by atoms with E-state index >= 15 is 4.39 Å². The van der Waals surface area contributed by atoms with Gasteiger partial charge in [-0.2, -0.15) is 0 Å². The van der Waals surface area contributed by atoms with Crippen LogP contribution in [0.4, 0.5) is 20.8 Å². The average molecular weight is 873 g/mol. The second-order valence-corrected chi connectivity index (χ2v) is 17.5. The summed E-state index contributed by atoms with van der Waals surface area (Å²) in [7, 11) is 3.29. The number of hydrogen-bond acceptors (Lipinski definition) is 12. The number of anilines is 2. The second kappa shape index (κ2) is 15.7. The molecule has 58 heavy (non-hydrogen) atoms. The third-order valence-corrected chi connectivity index (χ3v) is 12.6. The Hall–Kier alpha value is -4.89. The van der Waals surface area contributed by atoms with Crippen LogP contribution < -0.4 is 24.0 Å². The summed E-state index contributed by atoms with van der Waals surface area (Å²) >= 11 is 5.10. The summed E-state index contributed by atoms with van der Waals surface area (Å²) in [5.74, 6) is 2.38. The van der Waals surface area contributed by atoms with Crippen LogP contribution in [-0.2, 0) is 17.8 Å². The van der Waals surface area contributed by atoms with Crippen molar-refractivity contribution in [2.24, 2.45) is 0 Å². The van der Waals surface area contributed by atoms with Gasteiger partial charge in [-0.3, -0.25) is 4.90 Å². The number of carbonyl (C=O) groups excluding carboxylic acids is 1. The zero-order valence-corrected chi connectivity index (χ0v) is 36.3. The Morgan fingerprint density at radius 3 is 2.21 bits per heavy atom. The molecule has 5 aromatic rings. The average Bonchev–Trinajstić information content (AvgIpc) is 3.45. The van der Waals surface area contributed by atoms with Gasteiger partial charge in [0, 0.05) is 29.7 Å². The smallest absolute Gasteiger partial charge is 0.410 e. The number of carbonyl (C=O) groups is 1. The van der Waals surface area contributed by atoms with Crippen LogP contribution in [0.2, 0.25) is 0 Å². The first-order chi connectivity index (χ1) is 27.8. The van der Waals surface area contributed by atoms with Crippen molar-refractivity contribution in [1.82, 2.24) is 24.8 Å². The van der Waals surface area contributed by atoms with Crippen molar-refractivity contribution in [3.8, 4) is 28.6 Å². The van der Waals surface area contributed by atoms with Crippen LogP contribution in [0, 0.1) is 12.7 Å². The van der Waals surface area contributed by atoms with Gasteiger partial charge in [-0.25, -0.2) is 29.1 Å². The van der Waals surface area contributed by atoms with Gasteiger partial charge in [-0.1, -0.05) is 36.0 Å². The molecule has 0 N–H and O–H groups in total. The molecule has 4 atom stereocenters. The van der Waals surface area contributed by atoms with Gasteiger partial charge >= 0.3 is 6.09 Å². The zero-order chi connectivity index (χ0) is 41.0. The number of benzene rings is 2. The van der Waals surface area contributed by atoms with Crippen molar-refractivity contribution >= 4 is 56.3 Å². The third-order valence-electron chi connectivity index (χ3n) is 11.0. The summed E-state index contributed by atoms with van der Waals surface area (Å²) in [5, 5.41) is 0.844. The Bertz CT molecular complexity index is 2310. The summed E-state index contributed by atoms with van der Waals surface area (Å²) in [4.78, 5) is 39.6. The predicted octanol–water partition coefficient (Wildman–Crippen LogP) is 8.98. The summed E-state index contributed by atoms with van der Waals surface area (Å²) in [6, 6.07) is 17.1. The zero-order valence-electron chi connectivity index (χ0n) is 33.9. The maximum absolute atomic E-state index is 17.4. The van der Waals surface area contributed by atoms with E-state index in [4.69, 9.17) is 38.9 Å². The molecule has 3 aliphatic rings. The number of nitrogens with zero attached hydrogens (tertiary/aromatic N) is 7. The van der Waals surface area contributed by atoms with E-state index in [1.807, 2.05) is 100 Å². The maximum atomic E-state index is 17.4. The fourth-order valence-corrected chi connectivity index (χ4v) is 9.13. The van der Waals surface area contributed by atoms with Crippen molar-refractivity contribution < 1.29 is 28.1 Å². The van der Waals surface area contributed by atoms with Crippen molar-refractivity contribution in [2.75, 3.05) is 36.8 Å². The van der Waals surface area contributed by atoms with Crippen LogP contribution >= 0.6 is 27.7 Å². The first-order valence-electron chi connectivity index (χ1n) is 19.3. The van der Waals surface area contributed by atoms with E-state index in [9.17, 15) is 4.79 Å². The number of pyridine rings is 2. The van der Waals surface area contributed by atoms with E-state index in [-0.39, 0.29) is 41.3 Å². The SMILES string of the molecule is COc1ccc(CN(Cc2ccc(OC)cc2)c2cc(-c3nc4c5c(nc(SC)nc5c3F)N3C[C@H]5CC[C@@H]([C@H]3[C@H](C)O4)N5C(=O)OC(C)(C)C)c(Br)c(C)n2)cc1. The molecule has 3 aliphatic heterocycles. The van der Waals surface area contributed by atoms with Crippen molar-refractivity contribution in [3.05, 3.63) is 81.7 Å². The van der Waals surface area contributed by atoms with Gasteiger partial charge in [0.1, 0.15) is 51.4 Å². The number of piperazine rings is 1. The summed E-state index contributed by atoms with van der Waals surface area (Å²) in [6.45, 7) is 11.0. The van der Waals surface area contributed by atoms with E-state index in [2.05, 4.69) is 25.7 Å². The molecule has 1 amide bonds. The molecular formula is C43H47BrFN7O5S. The molecule has 0 radical (unpaired) electrons. The lowest BCUT2D eigenvalue weighted by Gasteiger charge is -2.48. The number of thioether (sulfide) groups is 1. The molecule has 304 valence electrons. The molecule has 0 aliphatic carbocycles. The lowest BCUT2D eigenvalue weighted by atomic mass is 9.98. The molecule has 0 saturated carbocycles. The van der Waals surface area contributed by atoms with Crippen LogP contribution in [-0.4, -0.2) is 87.8 Å². The van der Waals surface area contributed by atoms with Crippen LogP contribution in [0.3, 0.4) is 0 Å². The normalized spacial score (nSPS) is 19.7. The number of hydrogen-bond donors (Lipinski definition) is 0. The van der Waals surface area contributed by atoms with Crippen LogP contribution in [0.5, 0.6) is 17.4 Å². The molecule has 2 aromatic carbocycles. The maximum Gasteiger partial charge on any atom is 0.410 e. The van der Waals surface area contributed by atoms with E-state index in [0.717, 1.165) is 35.5 Å². The molecular weight excluding hydrogens is 825 g/mol. The second-order valence-electron chi connectivity index (χ2n) is 16.0. The molecule has 0 unspecified atom stereocenters. The van der Waals surface area contributed by atoms with Crippen molar-refractivity contribution in [2.45, 2.75) is 95.5 Å². The quantitative estimate of drug-likeness (QED) is 0.104. The number of aryl methyl sites for hydroxylation is 1. The van der Waals surface area contributed by atoms with Crippen molar-refractivity contribution in [1.29, 1.82) is 0 Å².